The molecule has 0 radical (unpaired) electrons. The molecule has 0 fully saturated rings. The first-order chi connectivity index (χ1) is 7.35. The number of nitrogens with one attached hydrogen (secondary N) is 1. The first kappa shape index (κ1) is 15.5. The summed E-state index contributed by atoms with van der Waals surface area (Å²) in [5.74, 6) is 3.98. The second-order valence-electron chi connectivity index (χ2n) is 5.71. The fraction of sp³-hybridized carbons (Fsp3) is 0.857. The van der Waals surface area contributed by atoms with Gasteiger partial charge in [-0.3, -0.25) is 5.32 Å². The highest BCUT2D eigenvalue weighted by atomic mass is 15.0. The Hall–Kier alpha value is -0.520. The number of hydrogen-bond acceptors (Lipinski definition) is 2. The average molecular weight is 224 g/mol. The maximum Gasteiger partial charge on any atom is 0.0663 e. The average Bonchev–Trinajstić information content (AvgIpc) is 2.15. The third kappa shape index (κ3) is 5.53. The van der Waals surface area contributed by atoms with Gasteiger partial charge < -0.3 is 5.73 Å². The van der Waals surface area contributed by atoms with Crippen molar-refractivity contribution in [2.24, 2.45) is 17.6 Å². The quantitative estimate of drug-likeness (QED) is 0.652. The summed E-state index contributed by atoms with van der Waals surface area (Å²) in [4.78, 5) is 0. The van der Waals surface area contributed by atoms with Gasteiger partial charge in [0, 0.05) is 12.1 Å². The fourth-order valence-corrected chi connectivity index (χ4v) is 2.49. The molecule has 0 saturated heterocycles. The van der Waals surface area contributed by atoms with E-state index in [1.165, 1.54) is 0 Å². The zero-order chi connectivity index (χ0) is 12.8. The van der Waals surface area contributed by atoms with Crippen molar-refractivity contribution in [3.63, 3.8) is 0 Å². The molecule has 16 heavy (non-hydrogen) atoms. The molecule has 0 aliphatic rings. The van der Waals surface area contributed by atoms with Gasteiger partial charge >= 0.3 is 0 Å². The summed E-state index contributed by atoms with van der Waals surface area (Å²) >= 11 is 0. The Morgan fingerprint density at radius 3 is 1.81 bits per heavy atom. The number of terminal acetylenes is 1. The molecular formula is C14H28N2. The van der Waals surface area contributed by atoms with E-state index in [-0.39, 0.29) is 11.6 Å². The summed E-state index contributed by atoms with van der Waals surface area (Å²) in [6, 6.07) is 0.0843. The van der Waals surface area contributed by atoms with E-state index < -0.39 is 0 Å². The van der Waals surface area contributed by atoms with Crippen molar-refractivity contribution < 1.29 is 0 Å². The molecule has 0 aliphatic carbocycles. The molecule has 0 aromatic carbocycles. The van der Waals surface area contributed by atoms with Gasteiger partial charge in [-0.1, -0.05) is 33.6 Å². The summed E-state index contributed by atoms with van der Waals surface area (Å²) in [5, 5.41) is 3.53. The summed E-state index contributed by atoms with van der Waals surface area (Å²) < 4.78 is 0. The van der Waals surface area contributed by atoms with Crippen LogP contribution in [0, 0.1) is 24.2 Å². The number of hydrogen-bond donors (Lipinski definition) is 2. The molecule has 0 saturated carbocycles. The van der Waals surface area contributed by atoms with Crippen molar-refractivity contribution >= 4 is 0 Å². The SMILES string of the molecule is C#CC(C)NC(CN)(CC(C)C)CC(C)C. The molecule has 0 rings (SSSR count). The minimum absolute atomic E-state index is 0.00583. The lowest BCUT2D eigenvalue weighted by atomic mass is 9.81. The number of nitrogens with two attached hydrogens (primary N) is 1. The van der Waals surface area contributed by atoms with Crippen LogP contribution < -0.4 is 11.1 Å². The van der Waals surface area contributed by atoms with E-state index >= 15 is 0 Å². The molecule has 1 atom stereocenters. The van der Waals surface area contributed by atoms with E-state index in [1.807, 2.05) is 6.92 Å². The van der Waals surface area contributed by atoms with Crippen LogP contribution in [0.2, 0.25) is 0 Å². The molecule has 0 heterocycles. The van der Waals surface area contributed by atoms with Crippen LogP contribution in [0.25, 0.3) is 0 Å². The monoisotopic (exact) mass is 224 g/mol. The molecule has 3 N–H and O–H groups in total. The second kappa shape index (κ2) is 6.93. The Morgan fingerprint density at radius 2 is 1.56 bits per heavy atom. The normalized spacial score (nSPS) is 14.2. The fourth-order valence-electron chi connectivity index (χ4n) is 2.49. The van der Waals surface area contributed by atoms with E-state index in [9.17, 15) is 0 Å². The van der Waals surface area contributed by atoms with Gasteiger partial charge in [0.15, 0.2) is 0 Å². The Bertz CT molecular complexity index is 215. The lowest BCUT2D eigenvalue weighted by molar-refractivity contribution is 0.222. The molecule has 0 aliphatic heterocycles. The standard InChI is InChI=1S/C14H28N2/c1-7-13(6)16-14(10-15,8-11(2)3)9-12(4)5/h1,11-13,16H,8-10,15H2,2-6H3. The maximum absolute atomic E-state index is 5.98. The van der Waals surface area contributed by atoms with E-state index in [0.717, 1.165) is 12.8 Å². The van der Waals surface area contributed by atoms with E-state index in [4.69, 9.17) is 12.2 Å². The van der Waals surface area contributed by atoms with Crippen LogP contribution in [0.5, 0.6) is 0 Å². The molecule has 0 aromatic rings. The summed E-state index contributed by atoms with van der Waals surface area (Å²) in [5.41, 5.74) is 5.97. The van der Waals surface area contributed by atoms with Crippen molar-refractivity contribution in [1.29, 1.82) is 0 Å². The van der Waals surface area contributed by atoms with Crippen molar-refractivity contribution in [2.75, 3.05) is 6.54 Å². The van der Waals surface area contributed by atoms with Crippen molar-refractivity contribution in [3.05, 3.63) is 0 Å². The largest absolute Gasteiger partial charge is 0.329 e. The molecule has 0 amide bonds. The molecule has 0 spiro atoms. The summed E-state index contributed by atoms with van der Waals surface area (Å²) in [6.45, 7) is 11.6. The lowest BCUT2D eigenvalue weighted by Gasteiger charge is -2.38. The van der Waals surface area contributed by atoms with Crippen molar-refractivity contribution in [1.82, 2.24) is 5.32 Å². The molecule has 94 valence electrons. The molecule has 2 nitrogen and oxygen atoms in total. The first-order valence-corrected chi connectivity index (χ1v) is 6.29. The Morgan fingerprint density at radius 1 is 1.12 bits per heavy atom. The maximum atomic E-state index is 5.98. The summed E-state index contributed by atoms with van der Waals surface area (Å²) in [7, 11) is 0. The third-order valence-corrected chi connectivity index (χ3v) is 2.76. The van der Waals surface area contributed by atoms with E-state index in [2.05, 4.69) is 38.9 Å². The van der Waals surface area contributed by atoms with Gasteiger partial charge in [-0.05, 0) is 31.6 Å². The number of rotatable bonds is 7. The zero-order valence-electron chi connectivity index (χ0n) is 11.5. The molecule has 0 aromatic heterocycles. The summed E-state index contributed by atoms with van der Waals surface area (Å²) in [6.07, 6.45) is 7.60. The minimum Gasteiger partial charge on any atom is -0.329 e. The van der Waals surface area contributed by atoms with Crippen LogP contribution in [0.3, 0.4) is 0 Å². The van der Waals surface area contributed by atoms with E-state index in [1.54, 1.807) is 0 Å². The second-order valence-corrected chi connectivity index (χ2v) is 5.71. The van der Waals surface area contributed by atoms with Crippen LogP contribution in [0.4, 0.5) is 0 Å². The Labute approximate surface area is 101 Å². The van der Waals surface area contributed by atoms with Gasteiger partial charge in [-0.15, -0.1) is 6.42 Å². The minimum atomic E-state index is -0.00583. The highest BCUT2D eigenvalue weighted by molar-refractivity contribution is 5.02. The van der Waals surface area contributed by atoms with Crippen molar-refractivity contribution in [2.45, 2.75) is 59.0 Å². The predicted molar refractivity (Wildman–Crippen MR) is 72.1 cm³/mol. The predicted octanol–water partition coefficient (Wildman–Crippen LogP) is 2.39. The Balaban J connectivity index is 4.74. The van der Waals surface area contributed by atoms with Crippen LogP contribution in [-0.2, 0) is 0 Å². The van der Waals surface area contributed by atoms with Crippen molar-refractivity contribution in [3.8, 4) is 12.3 Å². The van der Waals surface area contributed by atoms with Crippen LogP contribution in [0.15, 0.2) is 0 Å². The van der Waals surface area contributed by atoms with Gasteiger partial charge in [0.2, 0.25) is 0 Å². The molecule has 2 heteroatoms. The van der Waals surface area contributed by atoms with Crippen LogP contribution in [0.1, 0.15) is 47.5 Å². The highest BCUT2D eigenvalue weighted by Crippen LogP contribution is 2.24. The Kier molecular flexibility index (Phi) is 6.71. The lowest BCUT2D eigenvalue weighted by Crippen LogP contribution is -2.55. The molecule has 0 bridgehead atoms. The molecular weight excluding hydrogens is 196 g/mol. The van der Waals surface area contributed by atoms with Gasteiger partial charge in [0.25, 0.3) is 0 Å². The topological polar surface area (TPSA) is 38.0 Å². The zero-order valence-corrected chi connectivity index (χ0v) is 11.5. The highest BCUT2D eigenvalue weighted by Gasteiger charge is 2.31. The van der Waals surface area contributed by atoms with Gasteiger partial charge in [-0.25, -0.2) is 0 Å². The van der Waals surface area contributed by atoms with Gasteiger partial charge in [0.1, 0.15) is 0 Å². The van der Waals surface area contributed by atoms with Crippen LogP contribution in [-0.4, -0.2) is 18.1 Å². The van der Waals surface area contributed by atoms with Gasteiger partial charge in [-0.2, -0.15) is 0 Å². The first-order valence-electron chi connectivity index (χ1n) is 6.29. The third-order valence-electron chi connectivity index (χ3n) is 2.76. The van der Waals surface area contributed by atoms with E-state index in [0.29, 0.717) is 18.4 Å². The smallest absolute Gasteiger partial charge is 0.0663 e. The van der Waals surface area contributed by atoms with Gasteiger partial charge in [0.05, 0.1) is 6.04 Å². The molecule has 1 unspecified atom stereocenters. The van der Waals surface area contributed by atoms with Crippen LogP contribution >= 0.6 is 0 Å².